The molecule has 0 radical (unpaired) electrons. The zero-order chi connectivity index (χ0) is 18.8. The van der Waals surface area contributed by atoms with E-state index in [-0.39, 0.29) is 11.6 Å². The van der Waals surface area contributed by atoms with Gasteiger partial charge in [-0.05, 0) is 48.4 Å². The van der Waals surface area contributed by atoms with Crippen molar-refractivity contribution in [3.63, 3.8) is 0 Å². The Kier molecular flexibility index (Phi) is 8.25. The van der Waals surface area contributed by atoms with Gasteiger partial charge in [0, 0.05) is 0 Å². The molecule has 0 aliphatic carbocycles. The minimum Gasteiger partial charge on any atom is -0.494 e. The van der Waals surface area contributed by atoms with E-state index in [0.29, 0.717) is 17.4 Å². The first-order valence-corrected chi connectivity index (χ1v) is 8.97. The van der Waals surface area contributed by atoms with E-state index in [9.17, 15) is 4.79 Å². The van der Waals surface area contributed by atoms with E-state index in [0.717, 1.165) is 24.2 Å². The van der Waals surface area contributed by atoms with Crippen molar-refractivity contribution >= 4 is 35.3 Å². The number of hydrogen-bond donors (Lipinski definition) is 1. The average molecular weight is 395 g/mol. The third-order valence-electron chi connectivity index (χ3n) is 3.32. The highest BCUT2D eigenvalue weighted by atomic mass is 35.5. The second-order valence-electron chi connectivity index (χ2n) is 5.40. The number of hydrazone groups is 1. The van der Waals surface area contributed by atoms with Crippen LogP contribution < -0.4 is 14.9 Å². The van der Waals surface area contributed by atoms with Gasteiger partial charge in [-0.2, -0.15) is 5.10 Å². The van der Waals surface area contributed by atoms with Gasteiger partial charge in [0.2, 0.25) is 0 Å². The number of rotatable bonds is 9. The monoisotopic (exact) mass is 394 g/mol. The highest BCUT2D eigenvalue weighted by Crippen LogP contribution is 2.31. The minimum absolute atomic E-state index is 0.221. The number of unbranched alkanes of at least 4 members (excludes halogenated alkanes) is 1. The van der Waals surface area contributed by atoms with Gasteiger partial charge < -0.3 is 9.47 Å². The van der Waals surface area contributed by atoms with Gasteiger partial charge in [0.25, 0.3) is 5.91 Å². The molecule has 0 atom stereocenters. The molecular formula is C19H20Cl2N2O3. The lowest BCUT2D eigenvalue weighted by molar-refractivity contribution is -0.123. The minimum atomic E-state index is -0.406. The van der Waals surface area contributed by atoms with Crippen LogP contribution in [0.5, 0.6) is 11.5 Å². The highest BCUT2D eigenvalue weighted by Gasteiger charge is 2.07. The molecule has 26 heavy (non-hydrogen) atoms. The summed E-state index contributed by atoms with van der Waals surface area (Å²) in [5.41, 5.74) is 3.23. The molecule has 0 aromatic heterocycles. The number of hydrogen-bond acceptors (Lipinski definition) is 4. The van der Waals surface area contributed by atoms with Crippen LogP contribution in [0.15, 0.2) is 47.6 Å². The number of nitrogens with zero attached hydrogens (tertiary/aromatic N) is 1. The van der Waals surface area contributed by atoms with Crippen LogP contribution in [0.25, 0.3) is 0 Å². The van der Waals surface area contributed by atoms with Crippen molar-refractivity contribution in [1.29, 1.82) is 0 Å². The molecule has 5 nitrogen and oxygen atoms in total. The van der Waals surface area contributed by atoms with Gasteiger partial charge in [0.15, 0.2) is 6.61 Å². The van der Waals surface area contributed by atoms with Gasteiger partial charge in [-0.25, -0.2) is 5.43 Å². The second-order valence-corrected chi connectivity index (χ2v) is 6.19. The molecule has 1 amide bonds. The number of carbonyl (C=O) groups is 1. The average Bonchev–Trinajstić information content (AvgIpc) is 2.64. The summed E-state index contributed by atoms with van der Waals surface area (Å²) in [6.45, 7) is 2.60. The molecule has 0 saturated carbocycles. The van der Waals surface area contributed by atoms with Crippen LogP contribution in [0, 0.1) is 0 Å². The van der Waals surface area contributed by atoms with Gasteiger partial charge in [0.1, 0.15) is 16.5 Å². The second kappa shape index (κ2) is 10.7. The first-order chi connectivity index (χ1) is 12.6. The Morgan fingerprint density at radius 3 is 2.65 bits per heavy atom. The molecule has 7 heteroatoms. The Labute approximate surface area is 162 Å². The summed E-state index contributed by atoms with van der Waals surface area (Å²) in [5, 5.41) is 4.53. The molecule has 2 aromatic rings. The number of nitrogens with one attached hydrogen (secondary N) is 1. The molecule has 0 unspecified atom stereocenters. The van der Waals surface area contributed by atoms with Crippen molar-refractivity contribution < 1.29 is 14.3 Å². The predicted molar refractivity (Wildman–Crippen MR) is 105 cm³/mol. The fourth-order valence-corrected chi connectivity index (χ4v) is 2.28. The van der Waals surface area contributed by atoms with Gasteiger partial charge >= 0.3 is 0 Å². The Bertz CT molecular complexity index is 749. The third-order valence-corrected chi connectivity index (χ3v) is 4.13. The molecule has 138 valence electrons. The summed E-state index contributed by atoms with van der Waals surface area (Å²) in [5.74, 6) is 0.750. The Balaban J connectivity index is 1.76. The van der Waals surface area contributed by atoms with E-state index in [1.807, 2.05) is 24.3 Å². The van der Waals surface area contributed by atoms with Crippen molar-refractivity contribution in [2.45, 2.75) is 19.8 Å². The van der Waals surface area contributed by atoms with Crippen molar-refractivity contribution in [2.75, 3.05) is 13.2 Å². The number of ether oxygens (including phenoxy) is 2. The normalized spacial score (nSPS) is 10.7. The van der Waals surface area contributed by atoms with Crippen LogP contribution in [0.2, 0.25) is 10.0 Å². The summed E-state index contributed by atoms with van der Waals surface area (Å²) < 4.78 is 10.9. The smallest absolute Gasteiger partial charge is 0.277 e. The Morgan fingerprint density at radius 2 is 1.92 bits per heavy atom. The molecule has 1 N–H and O–H groups in total. The first kappa shape index (κ1) is 20.1. The summed E-state index contributed by atoms with van der Waals surface area (Å²) in [7, 11) is 0. The highest BCUT2D eigenvalue weighted by molar-refractivity contribution is 6.42. The molecule has 2 aromatic carbocycles. The van der Waals surface area contributed by atoms with Gasteiger partial charge in [-0.15, -0.1) is 0 Å². The zero-order valence-electron chi connectivity index (χ0n) is 14.4. The van der Waals surface area contributed by atoms with Crippen LogP contribution in [0.4, 0.5) is 0 Å². The quantitative estimate of drug-likeness (QED) is 0.380. The maximum Gasteiger partial charge on any atom is 0.277 e. The van der Waals surface area contributed by atoms with Crippen molar-refractivity contribution in [3.05, 3.63) is 58.1 Å². The zero-order valence-corrected chi connectivity index (χ0v) is 15.9. The maximum atomic E-state index is 11.8. The topological polar surface area (TPSA) is 59.9 Å². The molecule has 0 bridgehead atoms. The lowest BCUT2D eigenvalue weighted by Crippen LogP contribution is -2.24. The number of amides is 1. The van der Waals surface area contributed by atoms with Crippen LogP contribution in [0.3, 0.4) is 0 Å². The molecular weight excluding hydrogens is 375 g/mol. The maximum absolute atomic E-state index is 11.8. The summed E-state index contributed by atoms with van der Waals surface area (Å²) >= 11 is 11.9. The largest absolute Gasteiger partial charge is 0.494 e. The summed E-state index contributed by atoms with van der Waals surface area (Å²) in [4.78, 5) is 11.8. The van der Waals surface area contributed by atoms with E-state index < -0.39 is 5.91 Å². The van der Waals surface area contributed by atoms with E-state index in [2.05, 4.69) is 17.5 Å². The van der Waals surface area contributed by atoms with Crippen LogP contribution >= 0.6 is 23.2 Å². The van der Waals surface area contributed by atoms with E-state index >= 15 is 0 Å². The van der Waals surface area contributed by atoms with Gasteiger partial charge in [0.05, 0.1) is 17.8 Å². The number of halogens is 2. The molecule has 0 fully saturated rings. The standard InChI is InChI=1S/C19H20Cl2N2O3/c1-2-3-11-25-15-9-7-14(8-10-15)12-22-23-18(24)13-26-17-6-4-5-16(20)19(17)21/h4-10,12H,2-3,11,13H2,1H3,(H,23,24)/b22-12-. The first-order valence-electron chi connectivity index (χ1n) is 8.21. The summed E-state index contributed by atoms with van der Waals surface area (Å²) in [6, 6.07) is 12.4. The third kappa shape index (κ3) is 6.58. The molecule has 2 rings (SSSR count). The predicted octanol–water partition coefficient (Wildman–Crippen LogP) is 4.70. The molecule has 0 aliphatic rings. The van der Waals surface area contributed by atoms with Crippen LogP contribution in [-0.2, 0) is 4.79 Å². The van der Waals surface area contributed by atoms with Crippen molar-refractivity contribution in [2.24, 2.45) is 5.10 Å². The molecule has 0 heterocycles. The van der Waals surface area contributed by atoms with Gasteiger partial charge in [-0.1, -0.05) is 42.6 Å². The van der Waals surface area contributed by atoms with Gasteiger partial charge in [-0.3, -0.25) is 4.79 Å². The lowest BCUT2D eigenvalue weighted by Gasteiger charge is -2.07. The lowest BCUT2D eigenvalue weighted by atomic mass is 10.2. The van der Waals surface area contributed by atoms with E-state index in [1.54, 1.807) is 24.4 Å². The Morgan fingerprint density at radius 1 is 1.15 bits per heavy atom. The molecule has 0 spiro atoms. The molecule has 0 saturated heterocycles. The fourth-order valence-electron chi connectivity index (χ4n) is 1.93. The molecule has 0 aliphatic heterocycles. The SMILES string of the molecule is CCCCOc1ccc(/C=N\NC(=O)COc2cccc(Cl)c2Cl)cc1. The van der Waals surface area contributed by atoms with E-state index in [4.69, 9.17) is 32.7 Å². The number of carbonyl (C=O) groups excluding carboxylic acids is 1. The number of benzene rings is 2. The Hall–Kier alpha value is -2.24. The van der Waals surface area contributed by atoms with Crippen LogP contribution in [0.1, 0.15) is 25.3 Å². The van der Waals surface area contributed by atoms with Crippen molar-refractivity contribution in [1.82, 2.24) is 5.43 Å². The van der Waals surface area contributed by atoms with Crippen LogP contribution in [-0.4, -0.2) is 25.3 Å². The van der Waals surface area contributed by atoms with Crippen molar-refractivity contribution in [3.8, 4) is 11.5 Å². The fraction of sp³-hybridized carbons (Fsp3) is 0.263. The van der Waals surface area contributed by atoms with E-state index in [1.165, 1.54) is 0 Å². The summed E-state index contributed by atoms with van der Waals surface area (Å²) in [6.07, 6.45) is 3.66.